The summed E-state index contributed by atoms with van der Waals surface area (Å²) in [6.45, 7) is 2.40. The van der Waals surface area contributed by atoms with Crippen LogP contribution in [0.1, 0.15) is 24.8 Å². The lowest BCUT2D eigenvalue weighted by molar-refractivity contribution is -0.118. The molecule has 5 nitrogen and oxygen atoms in total. The SMILES string of the molecule is CCN=C(/N=C1/NC(=O)CC1c1ccc(Cl)c(Cl)c1)Nc1ccc(Cl)c(Cl)c1. The molecule has 2 aromatic rings. The molecule has 1 fully saturated rings. The Labute approximate surface area is 182 Å². The molecule has 1 amide bonds. The topological polar surface area (TPSA) is 65.8 Å². The Morgan fingerprint density at radius 3 is 2.39 bits per heavy atom. The third-order valence-electron chi connectivity index (χ3n) is 4.04. The highest BCUT2D eigenvalue weighted by Gasteiger charge is 2.31. The number of nitrogens with one attached hydrogen (secondary N) is 2. The summed E-state index contributed by atoms with van der Waals surface area (Å²) in [4.78, 5) is 20.9. The second kappa shape index (κ2) is 9.14. The minimum Gasteiger partial charge on any atom is -0.324 e. The number of amides is 1. The molecule has 2 N–H and O–H groups in total. The van der Waals surface area contributed by atoms with Crippen LogP contribution in [-0.4, -0.2) is 24.2 Å². The Hall–Kier alpha value is -1.79. The summed E-state index contributed by atoms with van der Waals surface area (Å²) in [7, 11) is 0. The van der Waals surface area contributed by atoms with Crippen molar-refractivity contribution in [2.45, 2.75) is 19.3 Å². The van der Waals surface area contributed by atoms with E-state index in [0.717, 1.165) is 5.56 Å². The molecule has 1 heterocycles. The molecule has 1 saturated heterocycles. The van der Waals surface area contributed by atoms with Gasteiger partial charge in [-0.3, -0.25) is 9.79 Å². The molecule has 0 aliphatic carbocycles. The van der Waals surface area contributed by atoms with Gasteiger partial charge in [-0.2, -0.15) is 4.99 Å². The van der Waals surface area contributed by atoms with Gasteiger partial charge in [0.2, 0.25) is 11.9 Å². The first-order chi connectivity index (χ1) is 13.4. The van der Waals surface area contributed by atoms with Gasteiger partial charge in [0.1, 0.15) is 5.84 Å². The summed E-state index contributed by atoms with van der Waals surface area (Å²) in [5.41, 5.74) is 1.53. The van der Waals surface area contributed by atoms with E-state index in [4.69, 9.17) is 46.4 Å². The van der Waals surface area contributed by atoms with Crippen molar-refractivity contribution in [2.24, 2.45) is 9.98 Å². The van der Waals surface area contributed by atoms with Crippen LogP contribution < -0.4 is 10.6 Å². The van der Waals surface area contributed by atoms with Crippen LogP contribution in [0.15, 0.2) is 46.4 Å². The summed E-state index contributed by atoms with van der Waals surface area (Å²) < 4.78 is 0. The van der Waals surface area contributed by atoms with Gasteiger partial charge in [0.25, 0.3) is 0 Å². The van der Waals surface area contributed by atoms with E-state index in [-0.39, 0.29) is 18.2 Å². The summed E-state index contributed by atoms with van der Waals surface area (Å²) >= 11 is 24.2. The van der Waals surface area contributed by atoms with Crippen LogP contribution in [0.4, 0.5) is 5.69 Å². The number of anilines is 1. The molecule has 1 unspecified atom stereocenters. The number of benzene rings is 2. The van der Waals surface area contributed by atoms with E-state index in [1.54, 1.807) is 30.3 Å². The van der Waals surface area contributed by atoms with Gasteiger partial charge in [-0.25, -0.2) is 0 Å². The van der Waals surface area contributed by atoms with Gasteiger partial charge in [-0.05, 0) is 42.8 Å². The number of guanidine groups is 1. The first-order valence-electron chi connectivity index (χ1n) is 8.47. The zero-order chi connectivity index (χ0) is 20.3. The molecule has 0 bridgehead atoms. The molecule has 0 spiro atoms. The van der Waals surface area contributed by atoms with Gasteiger partial charge in [0.15, 0.2) is 0 Å². The maximum absolute atomic E-state index is 12.0. The molecule has 1 aliphatic heterocycles. The van der Waals surface area contributed by atoms with Crippen molar-refractivity contribution in [1.29, 1.82) is 0 Å². The first kappa shape index (κ1) is 20.9. The Morgan fingerprint density at radius 1 is 1.07 bits per heavy atom. The summed E-state index contributed by atoms with van der Waals surface area (Å²) in [5, 5.41) is 7.65. The lowest BCUT2D eigenvalue weighted by Crippen LogP contribution is -2.25. The van der Waals surface area contributed by atoms with Crippen molar-refractivity contribution in [2.75, 3.05) is 11.9 Å². The lowest BCUT2D eigenvalue weighted by Gasteiger charge is -2.13. The molecule has 1 atom stereocenters. The molecular formula is C19H16Cl4N4O. The maximum atomic E-state index is 12.0. The fraction of sp³-hybridized carbons (Fsp3) is 0.211. The molecule has 3 rings (SSSR count). The van der Waals surface area contributed by atoms with Crippen LogP contribution >= 0.6 is 46.4 Å². The Kier molecular flexibility index (Phi) is 6.83. The van der Waals surface area contributed by atoms with Gasteiger partial charge in [0, 0.05) is 18.7 Å². The van der Waals surface area contributed by atoms with Gasteiger partial charge in [0.05, 0.1) is 26.0 Å². The molecule has 2 aromatic carbocycles. The number of rotatable bonds is 3. The number of hydrogen-bond donors (Lipinski definition) is 2. The Bertz CT molecular complexity index is 974. The first-order valence-corrected chi connectivity index (χ1v) is 9.98. The van der Waals surface area contributed by atoms with E-state index in [1.807, 2.05) is 13.0 Å². The summed E-state index contributed by atoms with van der Waals surface area (Å²) in [6, 6.07) is 10.4. The minimum atomic E-state index is -0.264. The van der Waals surface area contributed by atoms with Crippen molar-refractivity contribution in [3.05, 3.63) is 62.1 Å². The lowest BCUT2D eigenvalue weighted by atomic mass is 9.97. The second-order valence-electron chi connectivity index (χ2n) is 6.03. The quantitative estimate of drug-likeness (QED) is 0.452. The Balaban J connectivity index is 1.91. The van der Waals surface area contributed by atoms with Crippen molar-refractivity contribution in [1.82, 2.24) is 5.32 Å². The van der Waals surface area contributed by atoms with E-state index < -0.39 is 0 Å². The van der Waals surface area contributed by atoms with E-state index in [2.05, 4.69) is 20.6 Å². The Morgan fingerprint density at radius 2 is 1.75 bits per heavy atom. The van der Waals surface area contributed by atoms with E-state index >= 15 is 0 Å². The zero-order valence-electron chi connectivity index (χ0n) is 14.8. The average Bonchev–Trinajstić information content (AvgIpc) is 3.01. The predicted molar refractivity (Wildman–Crippen MR) is 117 cm³/mol. The molecule has 146 valence electrons. The van der Waals surface area contributed by atoms with Crippen molar-refractivity contribution in [3.8, 4) is 0 Å². The van der Waals surface area contributed by atoms with Gasteiger partial charge < -0.3 is 10.6 Å². The van der Waals surface area contributed by atoms with Gasteiger partial charge >= 0.3 is 0 Å². The van der Waals surface area contributed by atoms with Crippen LogP contribution in [0.2, 0.25) is 20.1 Å². The normalized spacial score (nSPS) is 18.5. The molecule has 1 aliphatic rings. The number of nitrogens with zero attached hydrogens (tertiary/aromatic N) is 2. The molecular weight excluding hydrogens is 442 g/mol. The maximum Gasteiger partial charge on any atom is 0.226 e. The van der Waals surface area contributed by atoms with Crippen LogP contribution in [-0.2, 0) is 4.79 Å². The highest BCUT2D eigenvalue weighted by atomic mass is 35.5. The molecule has 0 radical (unpaired) electrons. The van der Waals surface area contributed by atoms with E-state index in [1.165, 1.54) is 0 Å². The van der Waals surface area contributed by atoms with E-state index in [9.17, 15) is 4.79 Å². The fourth-order valence-corrected chi connectivity index (χ4v) is 3.35. The molecule has 9 heteroatoms. The third kappa shape index (κ3) is 4.97. The van der Waals surface area contributed by atoms with Crippen LogP contribution in [0, 0.1) is 0 Å². The number of carbonyl (C=O) groups excluding carboxylic acids is 1. The van der Waals surface area contributed by atoms with Crippen LogP contribution in [0.3, 0.4) is 0 Å². The molecule has 0 aromatic heterocycles. The van der Waals surface area contributed by atoms with Crippen LogP contribution in [0.5, 0.6) is 0 Å². The number of carbonyl (C=O) groups is 1. The summed E-state index contributed by atoms with van der Waals surface area (Å²) in [6.07, 6.45) is 0.267. The largest absolute Gasteiger partial charge is 0.324 e. The third-order valence-corrected chi connectivity index (χ3v) is 5.52. The summed E-state index contributed by atoms with van der Waals surface area (Å²) in [5.74, 6) is 0.450. The average molecular weight is 458 g/mol. The van der Waals surface area contributed by atoms with E-state index in [0.29, 0.717) is 44.1 Å². The fourth-order valence-electron chi connectivity index (χ4n) is 2.74. The number of amidine groups is 1. The highest BCUT2D eigenvalue weighted by molar-refractivity contribution is 6.42. The monoisotopic (exact) mass is 456 g/mol. The minimum absolute atomic E-state index is 0.125. The van der Waals surface area contributed by atoms with Gasteiger partial charge in [-0.1, -0.05) is 52.5 Å². The predicted octanol–water partition coefficient (Wildman–Crippen LogP) is 5.79. The second-order valence-corrected chi connectivity index (χ2v) is 7.66. The number of halogens is 4. The number of hydrogen-bond acceptors (Lipinski definition) is 2. The zero-order valence-corrected chi connectivity index (χ0v) is 17.8. The van der Waals surface area contributed by atoms with Gasteiger partial charge in [-0.15, -0.1) is 0 Å². The molecule has 0 saturated carbocycles. The van der Waals surface area contributed by atoms with Crippen LogP contribution in [0.25, 0.3) is 0 Å². The smallest absolute Gasteiger partial charge is 0.226 e. The number of aliphatic imine (C=N–C) groups is 2. The standard InChI is InChI=1S/C19H16Cl4N4O/c1-2-24-19(25-11-4-6-14(21)16(23)8-11)27-18-12(9-17(28)26-18)10-3-5-13(20)15(22)7-10/h3-8,12H,2,9H2,1H3,(H2,24,25,26,27,28). The highest BCUT2D eigenvalue weighted by Crippen LogP contribution is 2.31. The van der Waals surface area contributed by atoms with Crippen molar-refractivity contribution < 1.29 is 4.79 Å². The molecule has 28 heavy (non-hydrogen) atoms. The van der Waals surface area contributed by atoms with Crippen molar-refractivity contribution in [3.63, 3.8) is 0 Å². The van der Waals surface area contributed by atoms with Crippen molar-refractivity contribution >= 4 is 69.8 Å².